The monoisotopic (exact) mass is 231 g/mol. The first-order valence-corrected chi connectivity index (χ1v) is 5.35. The minimum absolute atomic E-state index is 0.0168. The molecule has 5 heteroatoms. The van der Waals surface area contributed by atoms with Gasteiger partial charge in [0.25, 0.3) is 0 Å². The van der Waals surface area contributed by atoms with Gasteiger partial charge >= 0.3 is 5.69 Å². The van der Waals surface area contributed by atoms with Crippen LogP contribution in [0.4, 0.5) is 0 Å². The number of Topliss-reactive ketones (excluding diaryl/α,β-unsaturated/α-hetero) is 1. The average molecular weight is 231 g/mol. The Labute approximate surface area is 98.3 Å². The minimum Gasteiger partial charge on any atom is -0.294 e. The molecule has 0 saturated carbocycles. The Morgan fingerprint density at radius 3 is 2.59 bits per heavy atom. The highest BCUT2D eigenvalue weighted by Crippen LogP contribution is 2.03. The van der Waals surface area contributed by atoms with Crippen LogP contribution in [-0.2, 0) is 13.6 Å². The summed E-state index contributed by atoms with van der Waals surface area (Å²) < 4.78 is 2.67. The zero-order valence-corrected chi connectivity index (χ0v) is 9.54. The fourth-order valence-corrected chi connectivity index (χ4v) is 1.55. The average Bonchev–Trinajstić information content (AvgIpc) is 2.68. The molecule has 0 bridgehead atoms. The Bertz CT molecular complexity index is 569. The van der Waals surface area contributed by atoms with Gasteiger partial charge in [-0.2, -0.15) is 5.10 Å². The van der Waals surface area contributed by atoms with Crippen molar-refractivity contribution in [1.82, 2.24) is 14.3 Å². The molecule has 0 spiro atoms. The summed E-state index contributed by atoms with van der Waals surface area (Å²) in [6.07, 6.45) is 1.72. The van der Waals surface area contributed by atoms with Gasteiger partial charge in [0.05, 0.1) is 6.54 Å². The van der Waals surface area contributed by atoms with E-state index in [0.717, 1.165) is 0 Å². The number of hydrogen-bond acceptors (Lipinski definition) is 3. The summed E-state index contributed by atoms with van der Waals surface area (Å²) >= 11 is 0. The summed E-state index contributed by atoms with van der Waals surface area (Å²) in [5.74, 6) is 0.0168. The van der Waals surface area contributed by atoms with Crippen molar-refractivity contribution >= 4 is 5.78 Å². The Hall–Kier alpha value is -2.17. The lowest BCUT2D eigenvalue weighted by molar-refractivity contribution is 0.0975. The van der Waals surface area contributed by atoms with Crippen molar-refractivity contribution in [2.75, 3.05) is 0 Å². The molecule has 0 unspecified atom stereocenters. The van der Waals surface area contributed by atoms with Crippen LogP contribution in [0.3, 0.4) is 0 Å². The number of ketones is 1. The summed E-state index contributed by atoms with van der Waals surface area (Å²) in [5.41, 5.74) is 0.461. The summed E-state index contributed by atoms with van der Waals surface area (Å²) in [6.45, 7) is 0.313. The molecule has 88 valence electrons. The molecule has 0 aliphatic heterocycles. The number of rotatable bonds is 4. The van der Waals surface area contributed by atoms with Crippen molar-refractivity contribution in [3.8, 4) is 0 Å². The Morgan fingerprint density at radius 1 is 1.29 bits per heavy atom. The number of nitrogens with zero attached hydrogens (tertiary/aromatic N) is 3. The highest BCUT2D eigenvalue weighted by molar-refractivity contribution is 5.95. The van der Waals surface area contributed by atoms with Crippen molar-refractivity contribution < 1.29 is 4.79 Å². The lowest BCUT2D eigenvalue weighted by atomic mass is 10.1. The van der Waals surface area contributed by atoms with E-state index in [9.17, 15) is 9.59 Å². The van der Waals surface area contributed by atoms with Crippen molar-refractivity contribution in [2.45, 2.75) is 13.0 Å². The summed E-state index contributed by atoms with van der Waals surface area (Å²) in [4.78, 5) is 23.3. The van der Waals surface area contributed by atoms with Gasteiger partial charge in [0.1, 0.15) is 6.33 Å². The van der Waals surface area contributed by atoms with Gasteiger partial charge in [-0.3, -0.25) is 9.36 Å². The predicted molar refractivity (Wildman–Crippen MR) is 62.9 cm³/mol. The van der Waals surface area contributed by atoms with E-state index in [1.54, 1.807) is 19.2 Å². The number of benzene rings is 1. The largest absolute Gasteiger partial charge is 0.345 e. The number of aryl methyl sites for hydroxylation is 2. The molecule has 0 amide bonds. The van der Waals surface area contributed by atoms with Crippen LogP contribution < -0.4 is 5.69 Å². The quantitative estimate of drug-likeness (QED) is 0.733. The van der Waals surface area contributed by atoms with E-state index >= 15 is 0 Å². The van der Waals surface area contributed by atoms with Crippen molar-refractivity contribution in [2.24, 2.45) is 7.05 Å². The van der Waals surface area contributed by atoms with Crippen LogP contribution in [0.15, 0.2) is 41.5 Å². The third kappa shape index (κ3) is 2.50. The third-order valence-electron chi connectivity index (χ3n) is 2.53. The molecule has 0 aliphatic carbocycles. The molecule has 2 aromatic rings. The zero-order chi connectivity index (χ0) is 12.3. The van der Waals surface area contributed by atoms with Crippen LogP contribution in [0.1, 0.15) is 16.8 Å². The Kier molecular flexibility index (Phi) is 3.18. The van der Waals surface area contributed by atoms with Gasteiger partial charge in [-0.05, 0) is 0 Å². The topological polar surface area (TPSA) is 56.9 Å². The number of carbonyl (C=O) groups is 1. The molecule has 0 N–H and O–H groups in total. The fraction of sp³-hybridized carbons (Fsp3) is 0.250. The van der Waals surface area contributed by atoms with Crippen molar-refractivity contribution in [3.63, 3.8) is 0 Å². The van der Waals surface area contributed by atoms with Gasteiger partial charge in [0.2, 0.25) is 0 Å². The van der Waals surface area contributed by atoms with E-state index in [1.807, 2.05) is 18.2 Å². The predicted octanol–water partition coefficient (Wildman–Crippen LogP) is 0.855. The highest BCUT2D eigenvalue weighted by Gasteiger charge is 2.07. The molecule has 0 saturated heterocycles. The van der Waals surface area contributed by atoms with E-state index in [4.69, 9.17) is 0 Å². The SMILES string of the molecule is Cn1cnn(CCC(=O)c2ccccc2)c1=O. The van der Waals surface area contributed by atoms with Gasteiger partial charge in [-0.15, -0.1) is 0 Å². The van der Waals surface area contributed by atoms with Crippen LogP contribution in [0.2, 0.25) is 0 Å². The molecule has 5 nitrogen and oxygen atoms in total. The van der Waals surface area contributed by atoms with E-state index < -0.39 is 0 Å². The lowest BCUT2D eigenvalue weighted by Gasteiger charge is -2.00. The number of hydrogen-bond donors (Lipinski definition) is 0. The Balaban J connectivity index is 2.02. The molecule has 1 aromatic heterocycles. The fourth-order valence-electron chi connectivity index (χ4n) is 1.55. The first-order valence-electron chi connectivity index (χ1n) is 5.35. The Morgan fingerprint density at radius 2 is 2.00 bits per heavy atom. The van der Waals surface area contributed by atoms with E-state index in [0.29, 0.717) is 12.1 Å². The molecule has 0 radical (unpaired) electrons. The van der Waals surface area contributed by atoms with Crippen LogP contribution in [0, 0.1) is 0 Å². The normalized spacial score (nSPS) is 10.4. The van der Waals surface area contributed by atoms with Gasteiger partial charge in [-0.25, -0.2) is 9.48 Å². The van der Waals surface area contributed by atoms with Gasteiger partial charge in [0.15, 0.2) is 5.78 Å². The number of aromatic nitrogens is 3. The third-order valence-corrected chi connectivity index (χ3v) is 2.53. The van der Waals surface area contributed by atoms with Gasteiger partial charge in [-0.1, -0.05) is 30.3 Å². The maximum absolute atomic E-state index is 11.8. The second-order valence-corrected chi connectivity index (χ2v) is 3.79. The van der Waals surface area contributed by atoms with E-state index in [-0.39, 0.29) is 17.9 Å². The molecular weight excluding hydrogens is 218 g/mol. The van der Waals surface area contributed by atoms with Crippen LogP contribution in [0.25, 0.3) is 0 Å². The molecular formula is C12H13N3O2. The molecule has 1 heterocycles. The molecule has 17 heavy (non-hydrogen) atoms. The summed E-state index contributed by atoms with van der Waals surface area (Å²) in [6, 6.07) is 9.04. The number of carbonyl (C=O) groups excluding carboxylic acids is 1. The minimum atomic E-state index is -0.203. The van der Waals surface area contributed by atoms with Crippen molar-refractivity contribution in [3.05, 3.63) is 52.7 Å². The second kappa shape index (κ2) is 4.78. The van der Waals surface area contributed by atoms with Gasteiger partial charge < -0.3 is 0 Å². The van der Waals surface area contributed by atoms with Crippen LogP contribution in [0.5, 0.6) is 0 Å². The zero-order valence-electron chi connectivity index (χ0n) is 9.54. The highest BCUT2D eigenvalue weighted by atomic mass is 16.2. The second-order valence-electron chi connectivity index (χ2n) is 3.79. The summed E-state index contributed by atoms with van der Waals surface area (Å²) in [5, 5.41) is 3.90. The standard InChI is InChI=1S/C12H13N3O2/c1-14-9-13-15(12(14)17)8-7-11(16)10-5-3-2-4-6-10/h2-6,9H,7-8H2,1H3. The van der Waals surface area contributed by atoms with Crippen LogP contribution >= 0.6 is 0 Å². The first kappa shape index (κ1) is 11.3. The van der Waals surface area contributed by atoms with Crippen molar-refractivity contribution in [1.29, 1.82) is 0 Å². The maximum Gasteiger partial charge on any atom is 0.345 e. The van der Waals surface area contributed by atoms with E-state index in [2.05, 4.69) is 5.10 Å². The smallest absolute Gasteiger partial charge is 0.294 e. The first-order chi connectivity index (χ1) is 8.18. The summed E-state index contributed by atoms with van der Waals surface area (Å²) in [7, 11) is 1.63. The molecule has 2 rings (SSSR count). The molecule has 0 fully saturated rings. The molecule has 0 aliphatic rings. The lowest BCUT2D eigenvalue weighted by Crippen LogP contribution is -2.24. The molecule has 1 aromatic carbocycles. The maximum atomic E-state index is 11.8. The van der Waals surface area contributed by atoms with Crippen LogP contribution in [-0.4, -0.2) is 20.1 Å². The molecule has 0 atom stereocenters. The van der Waals surface area contributed by atoms with Gasteiger partial charge in [0, 0.05) is 19.0 Å². The van der Waals surface area contributed by atoms with E-state index in [1.165, 1.54) is 15.6 Å².